The van der Waals surface area contributed by atoms with Crippen molar-refractivity contribution in [2.45, 2.75) is 45.2 Å². The van der Waals surface area contributed by atoms with Crippen LogP contribution in [0.3, 0.4) is 0 Å². The van der Waals surface area contributed by atoms with E-state index in [2.05, 4.69) is 29.6 Å². The smallest absolute Gasteiger partial charge is 0.253 e. The second-order valence-electron chi connectivity index (χ2n) is 6.86. The predicted octanol–water partition coefficient (Wildman–Crippen LogP) is 2.87. The third-order valence-corrected chi connectivity index (χ3v) is 4.95. The minimum Gasteiger partial charge on any atom is -0.380 e. The standard InChI is InChI=1S/C21H26N2O3/c1-3-26-10-9-23-14-18(11-15(2)21(23)25)20(24)22-19-12-17(13-19)16-7-5-4-6-8-16/h4-8,11,14,17,19H,3,9-10,12-13H2,1-2H3,(H,22,24). The molecule has 1 aliphatic rings. The number of amides is 1. The number of carbonyl (C=O) groups excluding carboxylic acids is 1. The Kier molecular flexibility index (Phi) is 5.89. The minimum atomic E-state index is -0.116. The van der Waals surface area contributed by atoms with Crippen LogP contribution in [0.4, 0.5) is 0 Å². The first kappa shape index (κ1) is 18.4. The zero-order valence-electron chi connectivity index (χ0n) is 15.4. The Morgan fingerprint density at radius 1 is 1.27 bits per heavy atom. The van der Waals surface area contributed by atoms with E-state index in [0.717, 1.165) is 12.8 Å². The fourth-order valence-corrected chi connectivity index (χ4v) is 3.38. The Morgan fingerprint density at radius 2 is 2.00 bits per heavy atom. The van der Waals surface area contributed by atoms with Crippen molar-refractivity contribution in [1.29, 1.82) is 0 Å². The fraction of sp³-hybridized carbons (Fsp3) is 0.429. The molecule has 26 heavy (non-hydrogen) atoms. The number of nitrogens with zero attached hydrogens (tertiary/aromatic N) is 1. The molecule has 0 spiro atoms. The molecule has 0 bridgehead atoms. The van der Waals surface area contributed by atoms with E-state index in [1.54, 1.807) is 23.8 Å². The van der Waals surface area contributed by atoms with Gasteiger partial charge in [0.15, 0.2) is 0 Å². The minimum absolute atomic E-state index is 0.0750. The highest BCUT2D eigenvalue weighted by Gasteiger charge is 2.31. The molecular formula is C21H26N2O3. The van der Waals surface area contributed by atoms with Crippen molar-refractivity contribution in [2.24, 2.45) is 0 Å². The van der Waals surface area contributed by atoms with Crippen molar-refractivity contribution < 1.29 is 9.53 Å². The maximum atomic E-state index is 12.6. The predicted molar refractivity (Wildman–Crippen MR) is 102 cm³/mol. The zero-order valence-corrected chi connectivity index (χ0v) is 15.4. The van der Waals surface area contributed by atoms with Gasteiger partial charge in [-0.1, -0.05) is 30.3 Å². The van der Waals surface area contributed by atoms with Crippen LogP contribution in [0.5, 0.6) is 0 Å². The lowest BCUT2D eigenvalue weighted by atomic mass is 9.76. The van der Waals surface area contributed by atoms with E-state index < -0.39 is 0 Å². The quantitative estimate of drug-likeness (QED) is 0.778. The summed E-state index contributed by atoms with van der Waals surface area (Å²) in [4.78, 5) is 24.8. The van der Waals surface area contributed by atoms with E-state index in [-0.39, 0.29) is 17.5 Å². The molecule has 0 aliphatic heterocycles. The van der Waals surface area contributed by atoms with E-state index in [9.17, 15) is 9.59 Å². The van der Waals surface area contributed by atoms with E-state index in [1.165, 1.54) is 5.56 Å². The third kappa shape index (κ3) is 4.22. The van der Waals surface area contributed by atoms with Gasteiger partial charge in [0.25, 0.3) is 11.5 Å². The average molecular weight is 354 g/mol. The highest BCUT2D eigenvalue weighted by Crippen LogP contribution is 2.36. The lowest BCUT2D eigenvalue weighted by Crippen LogP contribution is -2.43. The van der Waals surface area contributed by atoms with Crippen molar-refractivity contribution in [3.63, 3.8) is 0 Å². The highest BCUT2D eigenvalue weighted by molar-refractivity contribution is 5.94. The first-order valence-electron chi connectivity index (χ1n) is 9.23. The van der Waals surface area contributed by atoms with Gasteiger partial charge in [0.05, 0.1) is 12.2 Å². The molecule has 1 fully saturated rings. The molecule has 0 atom stereocenters. The Hall–Kier alpha value is -2.40. The molecular weight excluding hydrogens is 328 g/mol. The topological polar surface area (TPSA) is 60.3 Å². The molecule has 1 heterocycles. The number of benzene rings is 1. The maximum Gasteiger partial charge on any atom is 0.253 e. The molecule has 0 radical (unpaired) electrons. The number of rotatable bonds is 7. The van der Waals surface area contributed by atoms with Gasteiger partial charge in [0.2, 0.25) is 0 Å². The maximum absolute atomic E-state index is 12.6. The van der Waals surface area contributed by atoms with Gasteiger partial charge in [-0.15, -0.1) is 0 Å². The second-order valence-corrected chi connectivity index (χ2v) is 6.86. The van der Waals surface area contributed by atoms with Crippen LogP contribution in [0.25, 0.3) is 0 Å². The van der Waals surface area contributed by atoms with Crippen LogP contribution in [0.1, 0.15) is 47.2 Å². The lowest BCUT2D eigenvalue weighted by molar-refractivity contribution is 0.0907. The van der Waals surface area contributed by atoms with Crippen LogP contribution >= 0.6 is 0 Å². The van der Waals surface area contributed by atoms with E-state index in [0.29, 0.717) is 36.8 Å². The van der Waals surface area contributed by atoms with Gasteiger partial charge < -0.3 is 14.6 Å². The van der Waals surface area contributed by atoms with Crippen molar-refractivity contribution in [2.75, 3.05) is 13.2 Å². The van der Waals surface area contributed by atoms with Crippen LogP contribution in [-0.2, 0) is 11.3 Å². The molecule has 1 amide bonds. The summed E-state index contributed by atoms with van der Waals surface area (Å²) in [6, 6.07) is 12.3. The van der Waals surface area contributed by atoms with Gasteiger partial charge in [-0.25, -0.2) is 0 Å². The number of carbonyl (C=O) groups is 1. The summed E-state index contributed by atoms with van der Waals surface area (Å²) in [5.74, 6) is 0.401. The summed E-state index contributed by atoms with van der Waals surface area (Å²) in [5, 5.41) is 3.09. The monoisotopic (exact) mass is 354 g/mol. The van der Waals surface area contributed by atoms with E-state index in [4.69, 9.17) is 4.74 Å². The summed E-state index contributed by atoms with van der Waals surface area (Å²) in [6.45, 7) is 5.18. The molecule has 5 nitrogen and oxygen atoms in total. The van der Waals surface area contributed by atoms with Gasteiger partial charge in [-0.05, 0) is 44.2 Å². The van der Waals surface area contributed by atoms with Crippen LogP contribution in [0, 0.1) is 6.92 Å². The largest absolute Gasteiger partial charge is 0.380 e. The van der Waals surface area contributed by atoms with Crippen molar-refractivity contribution in [1.82, 2.24) is 9.88 Å². The van der Waals surface area contributed by atoms with E-state index >= 15 is 0 Å². The summed E-state index contributed by atoms with van der Waals surface area (Å²) >= 11 is 0. The first-order chi connectivity index (χ1) is 12.6. The molecule has 1 aliphatic carbocycles. The second kappa shape index (κ2) is 8.32. The normalized spacial score (nSPS) is 19.0. The fourth-order valence-electron chi connectivity index (χ4n) is 3.38. The number of aryl methyl sites for hydroxylation is 1. The van der Waals surface area contributed by atoms with Gasteiger partial charge >= 0.3 is 0 Å². The Morgan fingerprint density at radius 3 is 2.69 bits per heavy atom. The molecule has 1 aromatic heterocycles. The first-order valence-corrected chi connectivity index (χ1v) is 9.23. The molecule has 5 heteroatoms. The Labute approximate surface area is 154 Å². The molecule has 138 valence electrons. The van der Waals surface area contributed by atoms with Crippen molar-refractivity contribution in [3.05, 3.63) is 69.6 Å². The zero-order chi connectivity index (χ0) is 18.5. The Bertz CT molecular complexity index is 808. The van der Waals surface area contributed by atoms with Crippen LogP contribution in [0.15, 0.2) is 47.4 Å². The number of hydrogen-bond acceptors (Lipinski definition) is 3. The van der Waals surface area contributed by atoms with Crippen LogP contribution in [0.2, 0.25) is 0 Å². The SMILES string of the molecule is CCOCCn1cc(C(=O)NC2CC(c3ccccc3)C2)cc(C)c1=O. The van der Waals surface area contributed by atoms with Crippen LogP contribution in [-0.4, -0.2) is 29.7 Å². The molecule has 1 N–H and O–H groups in total. The number of aromatic nitrogens is 1. The summed E-state index contributed by atoms with van der Waals surface area (Å²) in [6.07, 6.45) is 3.55. The molecule has 0 unspecified atom stereocenters. The molecule has 1 aromatic carbocycles. The summed E-state index contributed by atoms with van der Waals surface area (Å²) in [7, 11) is 0. The van der Waals surface area contributed by atoms with Crippen molar-refractivity contribution >= 4 is 5.91 Å². The van der Waals surface area contributed by atoms with Gasteiger partial charge in [0.1, 0.15) is 0 Å². The number of hydrogen-bond donors (Lipinski definition) is 1. The number of nitrogens with one attached hydrogen (secondary N) is 1. The third-order valence-electron chi connectivity index (χ3n) is 4.95. The Balaban J connectivity index is 1.61. The highest BCUT2D eigenvalue weighted by atomic mass is 16.5. The average Bonchev–Trinajstić information content (AvgIpc) is 2.61. The van der Waals surface area contributed by atoms with Gasteiger partial charge in [-0.2, -0.15) is 0 Å². The molecule has 1 saturated carbocycles. The molecule has 2 aromatic rings. The van der Waals surface area contributed by atoms with Gasteiger partial charge in [0, 0.05) is 31.0 Å². The van der Waals surface area contributed by atoms with Crippen molar-refractivity contribution in [3.8, 4) is 0 Å². The van der Waals surface area contributed by atoms with Crippen LogP contribution < -0.4 is 10.9 Å². The lowest BCUT2D eigenvalue weighted by Gasteiger charge is -2.36. The molecule has 0 saturated heterocycles. The van der Waals surface area contributed by atoms with E-state index in [1.807, 2.05) is 13.0 Å². The number of ether oxygens (including phenoxy) is 1. The number of pyridine rings is 1. The summed E-state index contributed by atoms with van der Waals surface area (Å²) < 4.78 is 6.88. The molecule has 3 rings (SSSR count). The summed E-state index contributed by atoms with van der Waals surface area (Å²) in [5.41, 5.74) is 2.36. The van der Waals surface area contributed by atoms with Gasteiger partial charge in [-0.3, -0.25) is 9.59 Å².